The number of benzene rings is 1. The third kappa shape index (κ3) is 5.06. The highest BCUT2D eigenvalue weighted by atomic mass is 16.5. The monoisotopic (exact) mass is 387 g/mol. The minimum atomic E-state index is -0.0152. The fourth-order valence-corrected chi connectivity index (χ4v) is 4.72. The molecular weight excluding hydrogens is 350 g/mol. The van der Waals surface area contributed by atoms with Crippen molar-refractivity contribution in [3.05, 3.63) is 35.4 Å². The summed E-state index contributed by atoms with van der Waals surface area (Å²) in [5.41, 5.74) is 2.96. The van der Waals surface area contributed by atoms with E-state index in [0.717, 1.165) is 38.5 Å². The SMILES string of the molecule is CCNC(=NCC1(CCO)CCOC1)NCC1(c2cccc(C)c2)CCCC1. The van der Waals surface area contributed by atoms with Gasteiger partial charge < -0.3 is 20.5 Å². The minimum absolute atomic E-state index is 0.0152. The maximum absolute atomic E-state index is 9.45. The van der Waals surface area contributed by atoms with Gasteiger partial charge in [-0.2, -0.15) is 0 Å². The lowest BCUT2D eigenvalue weighted by Gasteiger charge is -2.31. The molecule has 5 nitrogen and oxygen atoms in total. The fraction of sp³-hybridized carbons (Fsp3) is 0.696. The van der Waals surface area contributed by atoms with Gasteiger partial charge in [-0.1, -0.05) is 42.7 Å². The first-order chi connectivity index (χ1) is 13.6. The quantitative estimate of drug-likeness (QED) is 0.474. The van der Waals surface area contributed by atoms with E-state index in [1.165, 1.54) is 36.8 Å². The Morgan fingerprint density at radius 3 is 2.68 bits per heavy atom. The van der Waals surface area contributed by atoms with E-state index in [9.17, 15) is 5.11 Å². The van der Waals surface area contributed by atoms with Crippen molar-refractivity contribution in [3.63, 3.8) is 0 Å². The molecule has 2 fully saturated rings. The van der Waals surface area contributed by atoms with Crippen LogP contribution in [0.5, 0.6) is 0 Å². The fourth-order valence-electron chi connectivity index (χ4n) is 4.72. The van der Waals surface area contributed by atoms with E-state index in [1.54, 1.807) is 0 Å². The van der Waals surface area contributed by atoms with Gasteiger partial charge in [0.15, 0.2) is 5.96 Å². The molecular formula is C23H37N3O2. The number of aliphatic imine (C=N–C) groups is 1. The van der Waals surface area contributed by atoms with Crippen LogP contribution in [0.3, 0.4) is 0 Å². The van der Waals surface area contributed by atoms with Crippen LogP contribution in [-0.4, -0.2) is 50.5 Å². The van der Waals surface area contributed by atoms with Crippen LogP contribution >= 0.6 is 0 Å². The number of nitrogens with zero attached hydrogens (tertiary/aromatic N) is 1. The lowest BCUT2D eigenvalue weighted by atomic mass is 9.78. The molecule has 0 amide bonds. The first kappa shape index (κ1) is 21.1. The minimum Gasteiger partial charge on any atom is -0.396 e. The lowest BCUT2D eigenvalue weighted by Crippen LogP contribution is -2.45. The standard InChI is InChI=1S/C23H37N3O2/c1-3-24-21(25-16-22(11-13-27)12-14-28-18-22)26-17-23(9-4-5-10-23)20-8-6-7-19(2)15-20/h6-8,15,27H,3-5,9-14,16-18H2,1-2H3,(H2,24,25,26). The predicted octanol–water partition coefficient (Wildman–Crippen LogP) is 3.15. The first-order valence-corrected chi connectivity index (χ1v) is 10.9. The highest BCUT2D eigenvalue weighted by molar-refractivity contribution is 5.80. The van der Waals surface area contributed by atoms with E-state index in [-0.39, 0.29) is 17.4 Å². The number of aryl methyl sites for hydroxylation is 1. The second-order valence-corrected chi connectivity index (χ2v) is 8.68. The number of guanidine groups is 1. The van der Waals surface area contributed by atoms with Crippen molar-refractivity contribution < 1.29 is 9.84 Å². The van der Waals surface area contributed by atoms with Crippen LogP contribution in [-0.2, 0) is 10.2 Å². The van der Waals surface area contributed by atoms with E-state index in [2.05, 4.69) is 48.7 Å². The molecule has 3 rings (SSSR count). The number of nitrogens with one attached hydrogen (secondary N) is 2. The van der Waals surface area contributed by atoms with Crippen molar-refractivity contribution in [2.24, 2.45) is 10.4 Å². The maximum atomic E-state index is 9.45. The summed E-state index contributed by atoms with van der Waals surface area (Å²) in [5, 5.41) is 16.5. The van der Waals surface area contributed by atoms with Crippen LogP contribution in [0.4, 0.5) is 0 Å². The number of aliphatic hydroxyl groups excluding tert-OH is 1. The van der Waals surface area contributed by atoms with E-state index in [4.69, 9.17) is 9.73 Å². The first-order valence-electron chi connectivity index (χ1n) is 10.9. The van der Waals surface area contributed by atoms with Crippen molar-refractivity contribution in [2.45, 2.75) is 57.8 Å². The molecule has 1 heterocycles. The zero-order chi connectivity index (χ0) is 19.9. The van der Waals surface area contributed by atoms with Crippen LogP contribution in [0.2, 0.25) is 0 Å². The molecule has 0 radical (unpaired) electrons. The third-order valence-corrected chi connectivity index (χ3v) is 6.53. The van der Waals surface area contributed by atoms with Crippen molar-refractivity contribution in [3.8, 4) is 0 Å². The van der Waals surface area contributed by atoms with Crippen LogP contribution in [0.1, 0.15) is 56.6 Å². The second-order valence-electron chi connectivity index (χ2n) is 8.68. The molecule has 28 heavy (non-hydrogen) atoms. The van der Waals surface area contributed by atoms with Crippen LogP contribution in [0.25, 0.3) is 0 Å². The van der Waals surface area contributed by atoms with E-state index in [1.807, 2.05) is 0 Å². The van der Waals surface area contributed by atoms with Crippen molar-refractivity contribution >= 4 is 5.96 Å². The van der Waals surface area contributed by atoms with Gasteiger partial charge in [-0.3, -0.25) is 4.99 Å². The zero-order valence-electron chi connectivity index (χ0n) is 17.6. The summed E-state index contributed by atoms with van der Waals surface area (Å²) in [6, 6.07) is 9.00. The van der Waals surface area contributed by atoms with Gasteiger partial charge >= 0.3 is 0 Å². The molecule has 1 unspecified atom stereocenters. The Hall–Kier alpha value is -1.59. The Balaban J connectivity index is 1.70. The van der Waals surface area contributed by atoms with Gasteiger partial charge in [0, 0.05) is 37.1 Å². The largest absolute Gasteiger partial charge is 0.396 e. The van der Waals surface area contributed by atoms with Crippen LogP contribution in [0, 0.1) is 12.3 Å². The molecule has 1 aromatic carbocycles. The summed E-state index contributed by atoms with van der Waals surface area (Å²) in [7, 11) is 0. The van der Waals surface area contributed by atoms with Crippen molar-refractivity contribution in [1.29, 1.82) is 0 Å². The Labute approximate surface area is 170 Å². The molecule has 3 N–H and O–H groups in total. The topological polar surface area (TPSA) is 65.9 Å². The Kier molecular flexibility index (Phi) is 7.36. The van der Waals surface area contributed by atoms with Crippen molar-refractivity contribution in [2.75, 3.05) is 39.5 Å². The molecule has 1 aliphatic heterocycles. The smallest absolute Gasteiger partial charge is 0.191 e. The van der Waals surface area contributed by atoms with Crippen molar-refractivity contribution in [1.82, 2.24) is 10.6 Å². The summed E-state index contributed by atoms with van der Waals surface area (Å²) in [6.07, 6.45) is 6.77. The summed E-state index contributed by atoms with van der Waals surface area (Å²) >= 11 is 0. The molecule has 156 valence electrons. The highest BCUT2D eigenvalue weighted by Gasteiger charge is 2.36. The van der Waals surface area contributed by atoms with E-state index < -0.39 is 0 Å². The summed E-state index contributed by atoms with van der Waals surface area (Å²) < 4.78 is 5.61. The average Bonchev–Trinajstić information content (AvgIpc) is 3.35. The van der Waals surface area contributed by atoms with E-state index >= 15 is 0 Å². The zero-order valence-corrected chi connectivity index (χ0v) is 17.6. The lowest BCUT2D eigenvalue weighted by molar-refractivity contribution is 0.131. The van der Waals surface area contributed by atoms with Gasteiger partial charge in [-0.05, 0) is 45.1 Å². The molecule has 0 aromatic heterocycles. The van der Waals surface area contributed by atoms with Gasteiger partial charge in [0.1, 0.15) is 0 Å². The van der Waals surface area contributed by atoms with Gasteiger partial charge in [0.25, 0.3) is 0 Å². The Morgan fingerprint density at radius 2 is 2.04 bits per heavy atom. The number of aliphatic hydroxyl groups is 1. The summed E-state index contributed by atoms with van der Waals surface area (Å²) in [6.45, 7) is 8.39. The van der Waals surface area contributed by atoms with E-state index in [0.29, 0.717) is 13.2 Å². The van der Waals surface area contributed by atoms with Gasteiger partial charge in [-0.25, -0.2) is 0 Å². The van der Waals surface area contributed by atoms with Gasteiger partial charge in [0.05, 0.1) is 13.2 Å². The average molecular weight is 388 g/mol. The summed E-state index contributed by atoms with van der Waals surface area (Å²) in [5.74, 6) is 0.880. The number of rotatable bonds is 8. The molecule has 0 spiro atoms. The molecule has 2 aliphatic rings. The predicted molar refractivity (Wildman–Crippen MR) is 115 cm³/mol. The Morgan fingerprint density at radius 1 is 1.21 bits per heavy atom. The second kappa shape index (κ2) is 9.75. The third-order valence-electron chi connectivity index (χ3n) is 6.53. The molecule has 1 saturated heterocycles. The van der Waals surface area contributed by atoms with Crippen LogP contribution in [0.15, 0.2) is 29.3 Å². The van der Waals surface area contributed by atoms with Gasteiger partial charge in [-0.15, -0.1) is 0 Å². The number of ether oxygens (including phenoxy) is 1. The number of hydrogen-bond acceptors (Lipinski definition) is 3. The molecule has 1 aromatic rings. The molecule has 1 aliphatic carbocycles. The highest BCUT2D eigenvalue weighted by Crippen LogP contribution is 2.41. The number of hydrogen-bond donors (Lipinski definition) is 3. The normalized spacial score (nSPS) is 24.5. The summed E-state index contributed by atoms with van der Waals surface area (Å²) in [4.78, 5) is 4.89. The van der Waals surface area contributed by atoms with Gasteiger partial charge in [0.2, 0.25) is 0 Å². The Bertz CT molecular complexity index is 647. The molecule has 1 saturated carbocycles. The molecule has 5 heteroatoms. The maximum Gasteiger partial charge on any atom is 0.191 e. The molecule has 0 bridgehead atoms. The van der Waals surface area contributed by atoms with Crippen LogP contribution < -0.4 is 10.6 Å². The molecule has 1 atom stereocenters.